The van der Waals surface area contributed by atoms with Gasteiger partial charge in [0.05, 0.1) is 0 Å². The van der Waals surface area contributed by atoms with E-state index >= 15 is 0 Å². The SMILES string of the molecule is CC1CC1C1CNC1. The van der Waals surface area contributed by atoms with Gasteiger partial charge in [-0.05, 0) is 37.3 Å². The van der Waals surface area contributed by atoms with E-state index in [1.807, 2.05) is 0 Å². The first-order chi connectivity index (χ1) is 3.88. The molecule has 2 unspecified atom stereocenters. The van der Waals surface area contributed by atoms with E-state index in [1.165, 1.54) is 19.5 Å². The quantitative estimate of drug-likeness (QED) is 0.529. The van der Waals surface area contributed by atoms with Crippen LogP contribution in [0, 0.1) is 17.8 Å². The second-order valence-electron chi connectivity index (χ2n) is 3.30. The highest BCUT2D eigenvalue weighted by Crippen LogP contribution is 2.44. The predicted molar refractivity (Wildman–Crippen MR) is 33.6 cm³/mol. The average Bonchev–Trinajstić information content (AvgIpc) is 2.13. The normalized spacial score (nSPS) is 46.1. The van der Waals surface area contributed by atoms with E-state index in [1.54, 1.807) is 0 Å². The Balaban J connectivity index is 1.82. The molecule has 0 radical (unpaired) electrons. The molecule has 0 aromatic heterocycles. The molecule has 1 aliphatic carbocycles. The Morgan fingerprint density at radius 2 is 2.00 bits per heavy atom. The van der Waals surface area contributed by atoms with E-state index in [-0.39, 0.29) is 0 Å². The van der Waals surface area contributed by atoms with Crippen molar-refractivity contribution in [3.63, 3.8) is 0 Å². The maximum absolute atomic E-state index is 3.30. The van der Waals surface area contributed by atoms with Crippen molar-refractivity contribution in [1.29, 1.82) is 0 Å². The van der Waals surface area contributed by atoms with Crippen LogP contribution in [0.1, 0.15) is 13.3 Å². The minimum absolute atomic E-state index is 1.06. The fourth-order valence-corrected chi connectivity index (χ4v) is 1.62. The van der Waals surface area contributed by atoms with Crippen LogP contribution in [0.25, 0.3) is 0 Å². The van der Waals surface area contributed by atoms with Crippen LogP contribution < -0.4 is 5.32 Å². The average molecular weight is 111 g/mol. The van der Waals surface area contributed by atoms with E-state index in [4.69, 9.17) is 0 Å². The van der Waals surface area contributed by atoms with Crippen molar-refractivity contribution in [3.05, 3.63) is 0 Å². The van der Waals surface area contributed by atoms with Crippen LogP contribution in [-0.2, 0) is 0 Å². The summed E-state index contributed by atoms with van der Waals surface area (Å²) in [6.07, 6.45) is 1.51. The Morgan fingerprint density at radius 3 is 2.12 bits per heavy atom. The summed E-state index contributed by atoms with van der Waals surface area (Å²) in [4.78, 5) is 0. The molecule has 2 atom stereocenters. The molecular formula is C7H13N. The third-order valence-corrected chi connectivity index (χ3v) is 2.59. The van der Waals surface area contributed by atoms with E-state index in [0.717, 1.165) is 17.8 Å². The molecule has 2 fully saturated rings. The van der Waals surface area contributed by atoms with Gasteiger partial charge in [0, 0.05) is 0 Å². The highest BCUT2D eigenvalue weighted by molar-refractivity contribution is 4.93. The molecule has 46 valence electrons. The van der Waals surface area contributed by atoms with Gasteiger partial charge < -0.3 is 5.32 Å². The summed E-state index contributed by atoms with van der Waals surface area (Å²) < 4.78 is 0. The summed E-state index contributed by atoms with van der Waals surface area (Å²) in [6, 6.07) is 0. The zero-order valence-corrected chi connectivity index (χ0v) is 5.35. The van der Waals surface area contributed by atoms with Crippen molar-refractivity contribution in [3.8, 4) is 0 Å². The molecular weight excluding hydrogens is 98.1 g/mol. The lowest BCUT2D eigenvalue weighted by atomic mass is 9.96. The predicted octanol–water partition coefficient (Wildman–Crippen LogP) is 0.862. The molecule has 0 aromatic carbocycles. The van der Waals surface area contributed by atoms with Crippen molar-refractivity contribution >= 4 is 0 Å². The smallest absolute Gasteiger partial charge is 0.000549 e. The maximum Gasteiger partial charge on any atom is -0.000549 e. The first-order valence-corrected chi connectivity index (χ1v) is 3.58. The Morgan fingerprint density at radius 1 is 1.38 bits per heavy atom. The summed E-state index contributed by atoms with van der Waals surface area (Å²) in [5.41, 5.74) is 0. The zero-order valence-electron chi connectivity index (χ0n) is 5.35. The van der Waals surface area contributed by atoms with Gasteiger partial charge in [-0.3, -0.25) is 0 Å². The fraction of sp³-hybridized carbons (Fsp3) is 1.00. The molecule has 0 spiro atoms. The van der Waals surface area contributed by atoms with Gasteiger partial charge in [0.15, 0.2) is 0 Å². The van der Waals surface area contributed by atoms with Gasteiger partial charge in [-0.15, -0.1) is 0 Å². The summed E-state index contributed by atoms with van der Waals surface area (Å²) in [5.74, 6) is 3.23. The van der Waals surface area contributed by atoms with Crippen molar-refractivity contribution < 1.29 is 0 Å². The number of nitrogens with one attached hydrogen (secondary N) is 1. The van der Waals surface area contributed by atoms with Crippen LogP contribution in [0.5, 0.6) is 0 Å². The van der Waals surface area contributed by atoms with Crippen LogP contribution in [0.15, 0.2) is 0 Å². The first kappa shape index (κ1) is 4.80. The van der Waals surface area contributed by atoms with Gasteiger partial charge in [0.1, 0.15) is 0 Å². The van der Waals surface area contributed by atoms with E-state index in [9.17, 15) is 0 Å². The lowest BCUT2D eigenvalue weighted by Crippen LogP contribution is -2.43. The van der Waals surface area contributed by atoms with E-state index in [2.05, 4.69) is 12.2 Å². The number of hydrogen-bond acceptors (Lipinski definition) is 1. The molecule has 0 aromatic rings. The van der Waals surface area contributed by atoms with Crippen LogP contribution in [0.3, 0.4) is 0 Å². The standard InChI is InChI=1S/C7H13N/c1-5-2-7(5)6-3-8-4-6/h5-8H,2-4H2,1H3. The topological polar surface area (TPSA) is 12.0 Å². The first-order valence-electron chi connectivity index (χ1n) is 3.58. The van der Waals surface area contributed by atoms with Crippen LogP contribution >= 0.6 is 0 Å². The third-order valence-electron chi connectivity index (χ3n) is 2.59. The molecule has 2 aliphatic rings. The fourth-order valence-electron chi connectivity index (χ4n) is 1.62. The van der Waals surface area contributed by atoms with Gasteiger partial charge in [-0.25, -0.2) is 0 Å². The number of hydrogen-bond donors (Lipinski definition) is 1. The summed E-state index contributed by atoms with van der Waals surface area (Å²) in [6.45, 7) is 4.97. The molecule has 1 saturated heterocycles. The van der Waals surface area contributed by atoms with E-state index < -0.39 is 0 Å². The highest BCUT2D eigenvalue weighted by atomic mass is 15.0. The molecule has 1 heteroatoms. The van der Waals surface area contributed by atoms with Crippen molar-refractivity contribution in [2.75, 3.05) is 13.1 Å². The van der Waals surface area contributed by atoms with Gasteiger partial charge in [0.25, 0.3) is 0 Å². The molecule has 0 amide bonds. The Kier molecular flexibility index (Phi) is 0.884. The zero-order chi connectivity index (χ0) is 5.56. The minimum Gasteiger partial charge on any atom is -0.316 e. The Labute approximate surface area is 50.5 Å². The monoisotopic (exact) mass is 111 g/mol. The largest absolute Gasteiger partial charge is 0.316 e. The lowest BCUT2D eigenvalue weighted by Gasteiger charge is -2.27. The van der Waals surface area contributed by atoms with Crippen molar-refractivity contribution in [1.82, 2.24) is 5.32 Å². The molecule has 1 N–H and O–H groups in total. The summed E-state index contributed by atoms with van der Waals surface area (Å²) in [5, 5.41) is 3.30. The van der Waals surface area contributed by atoms with Crippen molar-refractivity contribution in [2.24, 2.45) is 17.8 Å². The van der Waals surface area contributed by atoms with E-state index in [0.29, 0.717) is 0 Å². The second-order valence-corrected chi connectivity index (χ2v) is 3.30. The van der Waals surface area contributed by atoms with Crippen LogP contribution in [-0.4, -0.2) is 13.1 Å². The second kappa shape index (κ2) is 1.47. The van der Waals surface area contributed by atoms with Gasteiger partial charge in [-0.1, -0.05) is 6.92 Å². The third kappa shape index (κ3) is 0.576. The van der Waals surface area contributed by atoms with Crippen molar-refractivity contribution in [2.45, 2.75) is 13.3 Å². The Bertz CT molecular complexity index is 93.8. The highest BCUT2D eigenvalue weighted by Gasteiger charge is 2.41. The molecule has 1 saturated carbocycles. The Hall–Kier alpha value is -0.0400. The number of rotatable bonds is 1. The molecule has 1 aliphatic heterocycles. The minimum atomic E-state index is 1.06. The lowest BCUT2D eigenvalue weighted by molar-refractivity contribution is 0.299. The van der Waals surface area contributed by atoms with Gasteiger partial charge in [-0.2, -0.15) is 0 Å². The summed E-state index contributed by atoms with van der Waals surface area (Å²) >= 11 is 0. The van der Waals surface area contributed by atoms with Gasteiger partial charge >= 0.3 is 0 Å². The summed E-state index contributed by atoms with van der Waals surface area (Å²) in [7, 11) is 0. The van der Waals surface area contributed by atoms with Crippen LogP contribution in [0.4, 0.5) is 0 Å². The van der Waals surface area contributed by atoms with Gasteiger partial charge in [0.2, 0.25) is 0 Å². The van der Waals surface area contributed by atoms with Crippen LogP contribution in [0.2, 0.25) is 0 Å². The molecule has 1 nitrogen and oxygen atoms in total. The molecule has 2 rings (SSSR count). The molecule has 0 bridgehead atoms. The molecule has 8 heavy (non-hydrogen) atoms. The maximum atomic E-state index is 3.30. The molecule has 1 heterocycles.